The van der Waals surface area contributed by atoms with E-state index in [1.54, 1.807) is 20.8 Å². The molecule has 2 atom stereocenters. The van der Waals surface area contributed by atoms with E-state index in [-0.39, 0.29) is 23.2 Å². The molecule has 0 spiro atoms. The fourth-order valence-electron chi connectivity index (χ4n) is 5.86. The second kappa shape index (κ2) is 13.0. The van der Waals surface area contributed by atoms with Crippen LogP contribution in [0.5, 0.6) is 0 Å². The molecule has 44 heavy (non-hydrogen) atoms. The third-order valence-electron chi connectivity index (χ3n) is 7.75. The highest BCUT2D eigenvalue weighted by Gasteiger charge is 2.44. The number of likely N-dealkylation sites (tertiary alicyclic amines) is 1. The first-order valence-electron chi connectivity index (χ1n) is 14.4. The molecule has 0 saturated carbocycles. The van der Waals surface area contributed by atoms with Gasteiger partial charge in [0.25, 0.3) is 0 Å². The van der Waals surface area contributed by atoms with E-state index >= 15 is 8.78 Å². The zero-order valence-corrected chi connectivity index (χ0v) is 25.3. The Morgan fingerprint density at radius 3 is 2.23 bits per heavy atom. The molecule has 2 aliphatic heterocycles. The molecule has 4 rings (SSSR count). The summed E-state index contributed by atoms with van der Waals surface area (Å²) in [7, 11) is 1.19. The molecule has 242 valence electrons. The minimum absolute atomic E-state index is 0.0983. The van der Waals surface area contributed by atoms with Crippen LogP contribution in [0.15, 0.2) is 30.3 Å². The number of alkyl halides is 4. The lowest BCUT2D eigenvalue weighted by atomic mass is 9.83. The summed E-state index contributed by atoms with van der Waals surface area (Å²) in [5.41, 5.74) is -0.846. The SMILES string of the molecule is COC(=O)c1ccc2c(c1)C[C@@H](C)N(CC(F)(F)F)[C@@H]2c1c(F)cc(N(C(=O)OC(C)(C)C)C2CN(CCCF)C2)cc1F. The van der Waals surface area contributed by atoms with Crippen LogP contribution in [0.1, 0.15) is 67.2 Å². The maximum Gasteiger partial charge on any atom is 0.415 e. The fraction of sp³-hybridized carbons (Fsp3) is 0.548. The Kier molecular flexibility index (Phi) is 9.89. The number of esters is 1. The number of halogens is 6. The van der Waals surface area contributed by atoms with E-state index in [0.29, 0.717) is 31.6 Å². The van der Waals surface area contributed by atoms with E-state index in [4.69, 9.17) is 9.47 Å². The molecule has 7 nitrogen and oxygen atoms in total. The molecule has 0 aliphatic carbocycles. The summed E-state index contributed by atoms with van der Waals surface area (Å²) >= 11 is 0. The highest BCUT2D eigenvalue weighted by Crippen LogP contribution is 2.43. The predicted octanol–water partition coefficient (Wildman–Crippen LogP) is 6.44. The van der Waals surface area contributed by atoms with Crippen molar-refractivity contribution in [2.45, 2.75) is 70.4 Å². The molecular formula is C31H37F6N3O4. The summed E-state index contributed by atoms with van der Waals surface area (Å²) in [5, 5.41) is 0. The van der Waals surface area contributed by atoms with Gasteiger partial charge in [0.15, 0.2) is 0 Å². The van der Waals surface area contributed by atoms with E-state index in [1.165, 1.54) is 32.2 Å². The monoisotopic (exact) mass is 629 g/mol. The molecular weight excluding hydrogens is 592 g/mol. The maximum atomic E-state index is 16.1. The number of carbonyl (C=O) groups excluding carboxylic acids is 2. The van der Waals surface area contributed by atoms with Crippen molar-refractivity contribution in [1.29, 1.82) is 0 Å². The van der Waals surface area contributed by atoms with Gasteiger partial charge in [-0.15, -0.1) is 0 Å². The van der Waals surface area contributed by atoms with E-state index in [9.17, 15) is 27.2 Å². The molecule has 0 radical (unpaired) electrons. The number of nitrogens with zero attached hydrogens (tertiary/aromatic N) is 3. The molecule has 0 N–H and O–H groups in total. The van der Waals surface area contributed by atoms with Crippen LogP contribution in [-0.4, -0.2) is 85.7 Å². The van der Waals surface area contributed by atoms with Crippen LogP contribution in [0, 0.1) is 11.6 Å². The zero-order valence-electron chi connectivity index (χ0n) is 25.3. The van der Waals surface area contributed by atoms with E-state index in [2.05, 4.69) is 0 Å². The average molecular weight is 630 g/mol. The highest BCUT2D eigenvalue weighted by atomic mass is 19.4. The summed E-state index contributed by atoms with van der Waals surface area (Å²) in [5.74, 6) is -2.94. The van der Waals surface area contributed by atoms with E-state index < -0.39 is 72.4 Å². The molecule has 2 aliphatic rings. The number of hydrogen-bond acceptors (Lipinski definition) is 6. The Hall–Kier alpha value is -3.32. The third kappa shape index (κ3) is 7.48. The summed E-state index contributed by atoms with van der Waals surface area (Å²) in [4.78, 5) is 29.4. The Bertz CT molecular complexity index is 1350. The van der Waals surface area contributed by atoms with Gasteiger partial charge in [-0.1, -0.05) is 6.07 Å². The van der Waals surface area contributed by atoms with Gasteiger partial charge in [0.05, 0.1) is 43.7 Å². The van der Waals surface area contributed by atoms with Crippen LogP contribution >= 0.6 is 0 Å². The fourth-order valence-corrected chi connectivity index (χ4v) is 5.86. The van der Waals surface area contributed by atoms with Gasteiger partial charge in [0.2, 0.25) is 0 Å². The molecule has 13 heteroatoms. The first-order valence-corrected chi connectivity index (χ1v) is 14.4. The third-order valence-corrected chi connectivity index (χ3v) is 7.75. The topological polar surface area (TPSA) is 62.3 Å². The number of amides is 1. The number of anilines is 1. The van der Waals surface area contributed by atoms with Gasteiger partial charge in [-0.05, 0) is 75.9 Å². The molecule has 1 fully saturated rings. The quantitative estimate of drug-likeness (QED) is 0.248. The largest absolute Gasteiger partial charge is 0.465 e. The van der Waals surface area contributed by atoms with Crippen molar-refractivity contribution in [3.05, 3.63) is 64.2 Å². The van der Waals surface area contributed by atoms with E-state index in [1.807, 2.05) is 4.90 Å². The Morgan fingerprint density at radius 2 is 1.68 bits per heavy atom. The van der Waals surface area contributed by atoms with Gasteiger partial charge in [-0.3, -0.25) is 19.1 Å². The molecule has 2 aromatic rings. The standard InChI is InChI=1S/C31H37F6N3O4/c1-18-11-20-12-19(28(41)43-5)7-8-23(20)27(39(18)17-31(35,36)37)26-24(33)13-21(14-25(26)34)40(29(42)44-30(2,3)4)22-15-38(16-22)10-6-9-32/h7-8,12-14,18,22,27H,6,9-11,15-17H2,1-5H3/t18-,27+/m1/s1. The number of benzene rings is 2. The summed E-state index contributed by atoms with van der Waals surface area (Å²) < 4.78 is 96.5. The molecule has 1 amide bonds. The molecule has 0 aromatic heterocycles. The second-order valence-corrected chi connectivity index (χ2v) is 12.3. The van der Waals surface area contributed by atoms with Gasteiger partial charge in [-0.25, -0.2) is 18.4 Å². The normalized spacial score (nSPS) is 19.7. The van der Waals surface area contributed by atoms with Gasteiger partial charge in [0, 0.05) is 31.2 Å². The van der Waals surface area contributed by atoms with Gasteiger partial charge < -0.3 is 9.47 Å². The van der Waals surface area contributed by atoms with Crippen molar-refractivity contribution < 1.29 is 45.4 Å². The van der Waals surface area contributed by atoms with Crippen molar-refractivity contribution in [1.82, 2.24) is 9.80 Å². The first-order chi connectivity index (χ1) is 20.5. The highest BCUT2D eigenvalue weighted by molar-refractivity contribution is 5.90. The molecule has 1 saturated heterocycles. The van der Waals surface area contributed by atoms with Crippen molar-refractivity contribution in [3.63, 3.8) is 0 Å². The molecule has 2 aromatic carbocycles. The molecule has 0 bridgehead atoms. The minimum Gasteiger partial charge on any atom is -0.465 e. The van der Waals surface area contributed by atoms with Crippen molar-refractivity contribution in [3.8, 4) is 0 Å². The Morgan fingerprint density at radius 1 is 1.05 bits per heavy atom. The Balaban J connectivity index is 1.79. The number of carbonyl (C=O) groups is 2. The van der Waals surface area contributed by atoms with Crippen LogP contribution in [0.25, 0.3) is 0 Å². The minimum atomic E-state index is -4.67. The number of fused-ring (bicyclic) bond motifs is 1. The lowest BCUT2D eigenvalue weighted by Crippen LogP contribution is -2.61. The summed E-state index contributed by atoms with van der Waals surface area (Å²) in [6.45, 7) is 5.60. The smallest absolute Gasteiger partial charge is 0.415 e. The van der Waals surface area contributed by atoms with Crippen LogP contribution in [-0.2, 0) is 15.9 Å². The zero-order chi connectivity index (χ0) is 32.6. The number of hydrogen-bond donors (Lipinski definition) is 0. The molecule has 2 heterocycles. The van der Waals surface area contributed by atoms with Gasteiger partial charge in [-0.2, -0.15) is 13.2 Å². The van der Waals surface area contributed by atoms with Crippen molar-refractivity contribution >= 4 is 17.7 Å². The number of methoxy groups -OCH3 is 1. The van der Waals surface area contributed by atoms with Crippen LogP contribution in [0.4, 0.5) is 36.8 Å². The maximum absolute atomic E-state index is 16.1. The number of rotatable bonds is 8. The van der Waals surface area contributed by atoms with E-state index in [0.717, 1.165) is 21.9 Å². The van der Waals surface area contributed by atoms with Crippen molar-refractivity contribution in [2.75, 3.05) is 44.9 Å². The van der Waals surface area contributed by atoms with Crippen LogP contribution in [0.2, 0.25) is 0 Å². The average Bonchev–Trinajstić information content (AvgIpc) is 2.88. The Labute approximate surface area is 252 Å². The molecule has 0 unspecified atom stereocenters. The van der Waals surface area contributed by atoms with Crippen LogP contribution in [0.3, 0.4) is 0 Å². The lowest BCUT2D eigenvalue weighted by molar-refractivity contribution is -0.155. The lowest BCUT2D eigenvalue weighted by Gasteiger charge is -2.45. The summed E-state index contributed by atoms with van der Waals surface area (Å²) in [6.07, 6.45) is -5.12. The number of ether oxygens (including phenoxy) is 2. The first kappa shape index (κ1) is 33.6. The summed E-state index contributed by atoms with van der Waals surface area (Å²) in [6, 6.07) is 3.26. The van der Waals surface area contributed by atoms with Crippen LogP contribution < -0.4 is 4.90 Å². The van der Waals surface area contributed by atoms with Gasteiger partial charge >= 0.3 is 18.2 Å². The van der Waals surface area contributed by atoms with Crippen molar-refractivity contribution in [2.24, 2.45) is 0 Å². The van der Waals surface area contributed by atoms with Gasteiger partial charge in [0.1, 0.15) is 17.2 Å². The second-order valence-electron chi connectivity index (χ2n) is 12.3. The predicted molar refractivity (Wildman–Crippen MR) is 151 cm³/mol.